The molecule has 0 bridgehead atoms. The van der Waals surface area contributed by atoms with Crippen molar-refractivity contribution >= 4 is 39.4 Å². The van der Waals surface area contributed by atoms with Crippen molar-refractivity contribution in [3.63, 3.8) is 0 Å². The minimum Gasteiger partial charge on any atom is -0.383 e. The van der Waals surface area contributed by atoms with E-state index in [2.05, 4.69) is 15.0 Å². The van der Waals surface area contributed by atoms with Gasteiger partial charge in [-0.2, -0.15) is 10.2 Å². The molecule has 0 spiro atoms. The van der Waals surface area contributed by atoms with E-state index in [1.807, 2.05) is 59.6 Å². The van der Waals surface area contributed by atoms with Crippen molar-refractivity contribution in [3.05, 3.63) is 71.0 Å². The maximum Gasteiger partial charge on any atom is 0.164 e. The summed E-state index contributed by atoms with van der Waals surface area (Å²) in [4.78, 5) is 12.9. The minimum absolute atomic E-state index is 0.177. The number of anilines is 1. The fourth-order valence-electron chi connectivity index (χ4n) is 3.80. The van der Waals surface area contributed by atoms with Crippen molar-refractivity contribution in [2.24, 2.45) is 0 Å². The van der Waals surface area contributed by atoms with Crippen LogP contribution in [-0.4, -0.2) is 34.5 Å². The number of rotatable bonds is 4. The van der Waals surface area contributed by atoms with Gasteiger partial charge in [-0.25, -0.2) is 14.6 Å². The number of nitrogens with two attached hydrogens (primary N) is 1. The van der Waals surface area contributed by atoms with Crippen LogP contribution >= 0.6 is 11.6 Å². The highest BCUT2D eigenvalue weighted by Crippen LogP contribution is 2.31. The summed E-state index contributed by atoms with van der Waals surface area (Å²) in [5, 5.41) is 12.0. The lowest BCUT2D eigenvalue weighted by Gasteiger charge is -2.11. The summed E-state index contributed by atoms with van der Waals surface area (Å²) in [6.07, 6.45) is 3.24. The number of nitrogens with zero attached hydrogens (tertiary/aromatic N) is 7. The molecule has 1 atom stereocenters. The van der Waals surface area contributed by atoms with E-state index in [1.54, 1.807) is 6.20 Å². The molecule has 0 aliphatic heterocycles. The smallest absolute Gasteiger partial charge is 0.164 e. The lowest BCUT2D eigenvalue weighted by Crippen LogP contribution is -2.11. The monoisotopic (exact) mass is 418 g/mol. The molecule has 0 aliphatic rings. The van der Waals surface area contributed by atoms with Gasteiger partial charge in [-0.05, 0) is 44.2 Å². The Hall–Kier alpha value is -3.52. The first-order chi connectivity index (χ1) is 14.5. The highest BCUT2D eigenvalue weighted by Gasteiger charge is 2.23. The molecule has 5 rings (SSSR count). The van der Waals surface area contributed by atoms with Crippen molar-refractivity contribution in [3.8, 4) is 0 Å². The largest absolute Gasteiger partial charge is 0.383 e. The first-order valence-corrected chi connectivity index (χ1v) is 9.92. The molecule has 1 aromatic carbocycles. The van der Waals surface area contributed by atoms with Gasteiger partial charge in [0.1, 0.15) is 12.1 Å². The van der Waals surface area contributed by atoms with Crippen molar-refractivity contribution in [2.45, 2.75) is 26.4 Å². The van der Waals surface area contributed by atoms with Gasteiger partial charge in [0, 0.05) is 16.6 Å². The molecule has 0 saturated carbocycles. The van der Waals surface area contributed by atoms with Crippen LogP contribution in [0.5, 0.6) is 0 Å². The summed E-state index contributed by atoms with van der Waals surface area (Å²) in [5.74, 6) is 0.424. The number of aryl methyl sites for hydroxylation is 1. The Balaban J connectivity index is 1.67. The topological polar surface area (TPSA) is 100 Å². The molecule has 4 aromatic heterocycles. The van der Waals surface area contributed by atoms with Gasteiger partial charge < -0.3 is 5.73 Å². The Morgan fingerprint density at radius 1 is 1.10 bits per heavy atom. The van der Waals surface area contributed by atoms with Gasteiger partial charge in [0.2, 0.25) is 0 Å². The highest BCUT2D eigenvalue weighted by atomic mass is 35.5. The molecular weight excluding hydrogens is 400 g/mol. The van der Waals surface area contributed by atoms with Gasteiger partial charge in [0.25, 0.3) is 0 Å². The van der Waals surface area contributed by atoms with Gasteiger partial charge >= 0.3 is 0 Å². The minimum atomic E-state index is -0.177. The molecule has 0 aliphatic carbocycles. The molecule has 9 heteroatoms. The van der Waals surface area contributed by atoms with Gasteiger partial charge in [-0.3, -0.25) is 9.67 Å². The lowest BCUT2D eigenvalue weighted by molar-refractivity contribution is 0.548. The number of nitrogen functional groups attached to an aromatic ring is 1. The zero-order valence-corrected chi connectivity index (χ0v) is 17.2. The zero-order valence-electron chi connectivity index (χ0n) is 16.5. The van der Waals surface area contributed by atoms with Gasteiger partial charge in [0.15, 0.2) is 5.65 Å². The van der Waals surface area contributed by atoms with E-state index < -0.39 is 0 Å². The summed E-state index contributed by atoms with van der Waals surface area (Å²) in [6.45, 7) is 4.49. The van der Waals surface area contributed by atoms with E-state index in [4.69, 9.17) is 27.5 Å². The number of fused-ring (bicyclic) bond motifs is 2. The maximum absolute atomic E-state index is 6.29. The van der Waals surface area contributed by atoms with Crippen LogP contribution in [0.4, 0.5) is 5.82 Å². The van der Waals surface area contributed by atoms with Crippen LogP contribution in [0.2, 0.25) is 5.02 Å². The van der Waals surface area contributed by atoms with Crippen LogP contribution in [0, 0.1) is 6.92 Å². The fraction of sp³-hybridized carbons (Fsp3) is 0.190. The van der Waals surface area contributed by atoms with E-state index in [9.17, 15) is 0 Å². The second kappa shape index (κ2) is 7.07. The number of hydrogen-bond donors (Lipinski definition) is 1. The SMILES string of the molecule is Cc1nn(C(C)c2nn(Cc3ccccn3)c3cc(Cl)ccc23)c2ncnc(N)c12. The third kappa shape index (κ3) is 2.96. The average molecular weight is 419 g/mol. The van der Waals surface area contributed by atoms with Crippen molar-refractivity contribution in [1.82, 2.24) is 34.5 Å². The Labute approximate surface area is 177 Å². The molecule has 0 saturated heterocycles. The number of benzene rings is 1. The molecular formula is C21H19ClN8. The molecule has 0 amide bonds. The van der Waals surface area contributed by atoms with E-state index in [0.29, 0.717) is 23.0 Å². The standard InChI is InChI=1S/C21H19ClN8/c1-12-18-20(23)25-11-26-21(18)30(27-12)13(2)19-16-7-6-14(22)9-17(16)29(28-19)10-15-5-3-4-8-24-15/h3-9,11,13H,10H2,1-2H3,(H2,23,25,26). The number of pyridine rings is 1. The summed E-state index contributed by atoms with van der Waals surface area (Å²) in [5.41, 5.74) is 10.3. The second-order valence-corrected chi connectivity index (χ2v) is 7.63. The fourth-order valence-corrected chi connectivity index (χ4v) is 3.97. The molecule has 8 nitrogen and oxygen atoms in total. The van der Waals surface area contributed by atoms with Gasteiger partial charge in [-0.1, -0.05) is 17.7 Å². The number of aromatic nitrogens is 7. The first-order valence-electron chi connectivity index (χ1n) is 9.54. The molecule has 150 valence electrons. The normalized spacial score (nSPS) is 12.6. The highest BCUT2D eigenvalue weighted by molar-refractivity contribution is 6.31. The summed E-state index contributed by atoms with van der Waals surface area (Å²) < 4.78 is 3.78. The molecule has 30 heavy (non-hydrogen) atoms. The molecule has 0 fully saturated rings. The van der Waals surface area contributed by atoms with Crippen LogP contribution in [0.25, 0.3) is 21.9 Å². The Morgan fingerprint density at radius 2 is 1.97 bits per heavy atom. The summed E-state index contributed by atoms with van der Waals surface area (Å²) in [6, 6.07) is 11.5. The summed E-state index contributed by atoms with van der Waals surface area (Å²) >= 11 is 6.29. The molecule has 4 heterocycles. The predicted octanol–water partition coefficient (Wildman–Crippen LogP) is 3.77. The van der Waals surface area contributed by atoms with Crippen LogP contribution in [-0.2, 0) is 6.54 Å². The Kier molecular flexibility index (Phi) is 4.36. The van der Waals surface area contributed by atoms with E-state index >= 15 is 0 Å². The zero-order chi connectivity index (χ0) is 20.8. The van der Waals surface area contributed by atoms with Crippen LogP contribution < -0.4 is 5.73 Å². The maximum atomic E-state index is 6.29. The van der Waals surface area contributed by atoms with Crippen LogP contribution in [0.1, 0.15) is 30.0 Å². The molecule has 0 radical (unpaired) electrons. The van der Waals surface area contributed by atoms with Crippen LogP contribution in [0.3, 0.4) is 0 Å². The predicted molar refractivity (Wildman–Crippen MR) is 116 cm³/mol. The van der Waals surface area contributed by atoms with Crippen molar-refractivity contribution < 1.29 is 0 Å². The number of hydrogen-bond acceptors (Lipinski definition) is 6. The molecule has 2 N–H and O–H groups in total. The Bertz CT molecular complexity index is 1370. The van der Waals surface area contributed by atoms with E-state index in [-0.39, 0.29) is 6.04 Å². The van der Waals surface area contributed by atoms with E-state index in [1.165, 1.54) is 6.33 Å². The van der Waals surface area contributed by atoms with Gasteiger partial charge in [0.05, 0.1) is 40.6 Å². The van der Waals surface area contributed by atoms with Crippen LogP contribution in [0.15, 0.2) is 48.9 Å². The quantitative estimate of drug-likeness (QED) is 0.476. The lowest BCUT2D eigenvalue weighted by atomic mass is 10.1. The second-order valence-electron chi connectivity index (χ2n) is 7.19. The Morgan fingerprint density at radius 3 is 2.77 bits per heavy atom. The van der Waals surface area contributed by atoms with Crippen molar-refractivity contribution in [1.29, 1.82) is 0 Å². The molecule has 1 unspecified atom stereocenters. The third-order valence-corrected chi connectivity index (χ3v) is 5.47. The van der Waals surface area contributed by atoms with Crippen molar-refractivity contribution in [2.75, 3.05) is 5.73 Å². The van der Waals surface area contributed by atoms with Gasteiger partial charge in [-0.15, -0.1) is 0 Å². The summed E-state index contributed by atoms with van der Waals surface area (Å²) in [7, 11) is 0. The average Bonchev–Trinajstić information content (AvgIpc) is 3.27. The van der Waals surface area contributed by atoms with E-state index in [0.717, 1.165) is 33.4 Å². The molecule has 5 aromatic rings. The number of halogens is 1. The third-order valence-electron chi connectivity index (χ3n) is 5.24. The first kappa shape index (κ1) is 18.5.